The number of nitrogens with zero attached hydrogens (tertiary/aromatic N) is 4. The minimum absolute atomic E-state index is 0.00162. The molecule has 6 heteroatoms. The van der Waals surface area contributed by atoms with Crippen LogP contribution in [0.15, 0.2) is 12.1 Å². The highest BCUT2D eigenvalue weighted by molar-refractivity contribution is 5.85. The number of rotatable bonds is 2. The molecule has 18 heavy (non-hydrogen) atoms. The summed E-state index contributed by atoms with van der Waals surface area (Å²) in [4.78, 5) is 15.4. The molecule has 0 radical (unpaired) electrons. The largest absolute Gasteiger partial charge is 0.476 e. The van der Waals surface area contributed by atoms with E-state index in [4.69, 9.17) is 5.11 Å². The third-order valence-electron chi connectivity index (χ3n) is 3.78. The van der Waals surface area contributed by atoms with E-state index >= 15 is 0 Å². The van der Waals surface area contributed by atoms with Crippen LogP contribution >= 0.6 is 0 Å². The van der Waals surface area contributed by atoms with Crippen LogP contribution in [0.1, 0.15) is 23.3 Å². The van der Waals surface area contributed by atoms with Gasteiger partial charge in [0.05, 0.1) is 0 Å². The number of hydrogen-bond donors (Lipinski definition) is 1. The standard InChI is InChI=1S/C12H16N4O2/c17-12(18)10-3-4-11(14-13-10)16-7-6-15-5-1-2-9(15)8-16/h3-4,9H,1-2,5-8H2,(H,17,18). The zero-order valence-electron chi connectivity index (χ0n) is 10.1. The second kappa shape index (κ2) is 4.53. The van der Waals surface area contributed by atoms with Crippen LogP contribution in [0.5, 0.6) is 0 Å². The van der Waals surface area contributed by atoms with Gasteiger partial charge in [-0.2, -0.15) is 0 Å². The predicted molar refractivity (Wildman–Crippen MR) is 65.8 cm³/mol. The monoisotopic (exact) mass is 248 g/mol. The number of hydrogen-bond acceptors (Lipinski definition) is 5. The topological polar surface area (TPSA) is 69.6 Å². The van der Waals surface area contributed by atoms with Crippen LogP contribution in [0, 0.1) is 0 Å². The van der Waals surface area contributed by atoms with E-state index in [1.165, 1.54) is 25.5 Å². The average molecular weight is 248 g/mol. The first-order valence-corrected chi connectivity index (χ1v) is 6.30. The highest BCUT2D eigenvalue weighted by atomic mass is 16.4. The van der Waals surface area contributed by atoms with E-state index in [1.54, 1.807) is 6.07 Å². The number of carbonyl (C=O) groups is 1. The van der Waals surface area contributed by atoms with Crippen molar-refractivity contribution in [2.45, 2.75) is 18.9 Å². The first kappa shape index (κ1) is 11.4. The average Bonchev–Trinajstić information content (AvgIpc) is 2.86. The molecule has 1 atom stereocenters. The number of carboxylic acid groups (broad SMARTS) is 1. The van der Waals surface area contributed by atoms with Crippen LogP contribution in [0.4, 0.5) is 5.82 Å². The molecule has 0 saturated carbocycles. The Bertz CT molecular complexity index is 448. The van der Waals surface area contributed by atoms with E-state index in [2.05, 4.69) is 20.0 Å². The minimum Gasteiger partial charge on any atom is -0.476 e. The van der Waals surface area contributed by atoms with Crippen molar-refractivity contribution in [2.75, 3.05) is 31.1 Å². The maximum atomic E-state index is 10.7. The lowest BCUT2D eigenvalue weighted by Crippen LogP contribution is -2.50. The number of anilines is 1. The highest BCUT2D eigenvalue weighted by Crippen LogP contribution is 2.23. The van der Waals surface area contributed by atoms with Crippen LogP contribution in [0.2, 0.25) is 0 Å². The lowest BCUT2D eigenvalue weighted by atomic mass is 10.1. The summed E-state index contributed by atoms with van der Waals surface area (Å²) < 4.78 is 0. The summed E-state index contributed by atoms with van der Waals surface area (Å²) in [6.45, 7) is 4.19. The Labute approximate surface area is 105 Å². The molecule has 2 aliphatic heterocycles. The predicted octanol–water partition coefficient (Wildman–Crippen LogP) is 0.459. The highest BCUT2D eigenvalue weighted by Gasteiger charge is 2.31. The quantitative estimate of drug-likeness (QED) is 0.820. The molecule has 0 bridgehead atoms. The summed E-state index contributed by atoms with van der Waals surface area (Å²) in [5.41, 5.74) is -0.00162. The molecule has 3 rings (SSSR count). The second-order valence-electron chi connectivity index (χ2n) is 4.86. The van der Waals surface area contributed by atoms with Crippen LogP contribution in [0.3, 0.4) is 0 Å². The van der Waals surface area contributed by atoms with Crippen LogP contribution in [-0.4, -0.2) is 58.4 Å². The van der Waals surface area contributed by atoms with E-state index in [1.807, 2.05) is 0 Å². The zero-order valence-corrected chi connectivity index (χ0v) is 10.1. The van der Waals surface area contributed by atoms with Crippen molar-refractivity contribution in [3.63, 3.8) is 0 Å². The Morgan fingerprint density at radius 1 is 1.28 bits per heavy atom. The molecule has 2 aliphatic rings. The lowest BCUT2D eigenvalue weighted by Gasteiger charge is -2.37. The van der Waals surface area contributed by atoms with Gasteiger partial charge in [-0.3, -0.25) is 4.90 Å². The van der Waals surface area contributed by atoms with Crippen LogP contribution in [-0.2, 0) is 0 Å². The lowest BCUT2D eigenvalue weighted by molar-refractivity contribution is 0.0689. The number of aromatic carboxylic acids is 1. The van der Waals surface area contributed by atoms with Gasteiger partial charge in [0.25, 0.3) is 0 Å². The van der Waals surface area contributed by atoms with Crippen molar-refractivity contribution in [1.82, 2.24) is 15.1 Å². The van der Waals surface area contributed by atoms with Gasteiger partial charge in [0.15, 0.2) is 11.5 Å². The van der Waals surface area contributed by atoms with Crippen molar-refractivity contribution < 1.29 is 9.90 Å². The van der Waals surface area contributed by atoms with Gasteiger partial charge in [-0.05, 0) is 31.5 Å². The fourth-order valence-corrected chi connectivity index (χ4v) is 2.81. The Hall–Kier alpha value is -1.69. The fourth-order valence-electron chi connectivity index (χ4n) is 2.81. The molecule has 1 unspecified atom stereocenters. The Kier molecular flexibility index (Phi) is 2.87. The summed E-state index contributed by atoms with van der Waals surface area (Å²) in [5, 5.41) is 16.5. The third-order valence-corrected chi connectivity index (χ3v) is 3.78. The zero-order chi connectivity index (χ0) is 12.5. The Balaban J connectivity index is 1.73. The summed E-state index contributed by atoms with van der Waals surface area (Å²) in [5.74, 6) is -0.249. The molecule has 3 heterocycles. The maximum absolute atomic E-state index is 10.7. The molecular weight excluding hydrogens is 232 g/mol. The first-order chi connectivity index (χ1) is 8.74. The van der Waals surface area contributed by atoms with Crippen LogP contribution in [0.25, 0.3) is 0 Å². The van der Waals surface area contributed by atoms with Gasteiger partial charge < -0.3 is 10.0 Å². The molecule has 1 N–H and O–H groups in total. The minimum atomic E-state index is -1.03. The SMILES string of the molecule is O=C(O)c1ccc(N2CCN3CCCC3C2)nn1. The van der Waals surface area contributed by atoms with E-state index in [0.717, 1.165) is 25.5 Å². The van der Waals surface area contributed by atoms with Crippen molar-refractivity contribution in [3.05, 3.63) is 17.8 Å². The molecule has 1 aromatic heterocycles. The molecule has 6 nitrogen and oxygen atoms in total. The molecule has 96 valence electrons. The van der Waals surface area contributed by atoms with E-state index in [0.29, 0.717) is 6.04 Å². The number of aromatic nitrogens is 2. The van der Waals surface area contributed by atoms with Gasteiger partial charge in [-0.1, -0.05) is 0 Å². The smallest absolute Gasteiger partial charge is 0.356 e. The molecule has 1 aromatic rings. The first-order valence-electron chi connectivity index (χ1n) is 6.30. The Morgan fingerprint density at radius 2 is 2.17 bits per heavy atom. The number of piperazine rings is 1. The number of carboxylic acids is 1. The van der Waals surface area contributed by atoms with E-state index in [-0.39, 0.29) is 5.69 Å². The molecular formula is C12H16N4O2. The van der Waals surface area contributed by atoms with Crippen molar-refractivity contribution in [3.8, 4) is 0 Å². The van der Waals surface area contributed by atoms with Crippen LogP contribution < -0.4 is 4.90 Å². The molecule has 0 amide bonds. The summed E-state index contributed by atoms with van der Waals surface area (Å²) in [6.07, 6.45) is 2.53. The second-order valence-corrected chi connectivity index (χ2v) is 4.86. The molecule has 2 fully saturated rings. The normalized spacial score (nSPS) is 24.0. The van der Waals surface area contributed by atoms with Gasteiger partial charge in [-0.15, -0.1) is 10.2 Å². The molecule has 0 aromatic carbocycles. The van der Waals surface area contributed by atoms with Crippen molar-refractivity contribution in [2.24, 2.45) is 0 Å². The molecule has 0 aliphatic carbocycles. The summed E-state index contributed by atoms with van der Waals surface area (Å²) in [6, 6.07) is 3.90. The van der Waals surface area contributed by atoms with Gasteiger partial charge in [-0.25, -0.2) is 4.79 Å². The fraction of sp³-hybridized carbons (Fsp3) is 0.583. The van der Waals surface area contributed by atoms with Gasteiger partial charge in [0, 0.05) is 25.7 Å². The van der Waals surface area contributed by atoms with Crippen molar-refractivity contribution >= 4 is 11.8 Å². The third kappa shape index (κ3) is 2.03. The van der Waals surface area contributed by atoms with E-state index in [9.17, 15) is 4.79 Å². The summed E-state index contributed by atoms with van der Waals surface area (Å²) in [7, 11) is 0. The number of fused-ring (bicyclic) bond motifs is 1. The van der Waals surface area contributed by atoms with E-state index < -0.39 is 5.97 Å². The summed E-state index contributed by atoms with van der Waals surface area (Å²) >= 11 is 0. The maximum Gasteiger partial charge on any atom is 0.356 e. The van der Waals surface area contributed by atoms with Gasteiger partial charge in [0.2, 0.25) is 0 Å². The van der Waals surface area contributed by atoms with Gasteiger partial charge >= 0.3 is 5.97 Å². The molecule has 0 spiro atoms. The Morgan fingerprint density at radius 3 is 2.89 bits per heavy atom. The van der Waals surface area contributed by atoms with Gasteiger partial charge in [0.1, 0.15) is 0 Å². The molecule has 2 saturated heterocycles. The van der Waals surface area contributed by atoms with Crippen molar-refractivity contribution in [1.29, 1.82) is 0 Å².